The third-order valence-corrected chi connectivity index (χ3v) is 11.7. The summed E-state index contributed by atoms with van der Waals surface area (Å²) in [4.78, 5) is 61.0. The molecule has 1 aliphatic heterocycles. The van der Waals surface area contributed by atoms with Gasteiger partial charge in [-0.3, -0.25) is 29.3 Å². The number of halogens is 7. The van der Waals surface area contributed by atoms with Crippen molar-refractivity contribution in [3.8, 4) is 0 Å². The van der Waals surface area contributed by atoms with E-state index in [1.54, 1.807) is 0 Å². The molecule has 40 heavy (non-hydrogen) atoms. The molecule has 1 saturated heterocycles. The van der Waals surface area contributed by atoms with Gasteiger partial charge in [-0.25, -0.2) is 5.01 Å². The van der Waals surface area contributed by atoms with E-state index < -0.39 is 66.6 Å². The number of hydrogen-bond donors (Lipinski definition) is 0. The quantitative estimate of drug-likeness (QED) is 0.122. The van der Waals surface area contributed by atoms with Crippen LogP contribution in [0.4, 0.5) is 5.69 Å². The predicted octanol–water partition coefficient (Wildman–Crippen LogP) is 5.94. The van der Waals surface area contributed by atoms with Crippen molar-refractivity contribution in [2.75, 3.05) is 6.54 Å². The number of hydrogen-bond acceptors (Lipinski definition) is 6. The lowest BCUT2D eigenvalue weighted by atomic mass is 9.84. The Kier molecular flexibility index (Phi) is 7.15. The van der Waals surface area contributed by atoms with Gasteiger partial charge in [0.05, 0.1) is 37.4 Å². The third-order valence-electron chi connectivity index (χ3n) is 7.14. The van der Waals surface area contributed by atoms with Crippen molar-refractivity contribution in [2.24, 2.45) is 11.8 Å². The fraction of sp³-hybridized carbons (Fsp3) is 0.250. The summed E-state index contributed by atoms with van der Waals surface area (Å²) in [6.07, 6.45) is 0. The molecule has 5 rings (SSSR count). The van der Waals surface area contributed by atoms with Crippen LogP contribution in [0.25, 0.3) is 0 Å². The predicted molar refractivity (Wildman–Crippen MR) is 149 cm³/mol. The van der Waals surface area contributed by atoms with Crippen molar-refractivity contribution in [1.29, 1.82) is 0 Å². The van der Waals surface area contributed by atoms with Crippen LogP contribution >= 0.6 is 81.2 Å². The molecule has 9 nitrogen and oxygen atoms in total. The molecule has 2 aliphatic carbocycles. The van der Waals surface area contributed by atoms with Crippen molar-refractivity contribution in [3.63, 3.8) is 0 Å². The van der Waals surface area contributed by atoms with Crippen molar-refractivity contribution < 1.29 is 24.1 Å². The molecule has 16 heteroatoms. The van der Waals surface area contributed by atoms with E-state index in [9.17, 15) is 29.3 Å². The SMILES string of the molecule is O=C(CN(C(=O)c1ccccc1Cl)N1C(=O)[C@H]2[C@H](C1=O)[C@@]1(Cl)C(Cl)=C(Cl)[C@@]2(Cl)C1(Cl)Cl)c1cccc([N+](=O)[O-])c1. The van der Waals surface area contributed by atoms with Crippen LogP contribution in [0.15, 0.2) is 58.6 Å². The second-order valence-electron chi connectivity index (χ2n) is 9.14. The Morgan fingerprint density at radius 2 is 1.45 bits per heavy atom. The lowest BCUT2D eigenvalue weighted by Crippen LogP contribution is -2.56. The minimum atomic E-state index is -2.21. The number of hydrazine groups is 1. The van der Waals surface area contributed by atoms with Crippen LogP contribution in [0, 0.1) is 22.0 Å². The van der Waals surface area contributed by atoms with Crippen molar-refractivity contribution in [3.05, 3.63) is 84.9 Å². The van der Waals surface area contributed by atoms with Crippen molar-refractivity contribution in [1.82, 2.24) is 10.0 Å². The van der Waals surface area contributed by atoms with Crippen molar-refractivity contribution in [2.45, 2.75) is 14.1 Å². The molecule has 0 unspecified atom stereocenters. The number of fused-ring (bicyclic) bond motifs is 5. The summed E-state index contributed by atoms with van der Waals surface area (Å²) in [6.45, 7) is -0.908. The number of amides is 3. The summed E-state index contributed by atoms with van der Waals surface area (Å²) < 4.78 is -2.21. The zero-order valence-electron chi connectivity index (χ0n) is 19.4. The molecule has 208 valence electrons. The fourth-order valence-corrected chi connectivity index (χ4v) is 8.39. The number of ketones is 1. The summed E-state index contributed by atoms with van der Waals surface area (Å²) in [5.41, 5.74) is -0.712. The van der Waals surface area contributed by atoms with E-state index in [2.05, 4.69) is 0 Å². The van der Waals surface area contributed by atoms with Gasteiger partial charge in [0.1, 0.15) is 16.3 Å². The molecule has 3 amide bonds. The number of nitro groups is 1. The maximum absolute atomic E-state index is 13.9. The number of nitrogens with zero attached hydrogens (tertiary/aromatic N) is 3. The molecule has 1 heterocycles. The molecule has 0 N–H and O–H groups in total. The highest BCUT2D eigenvalue weighted by molar-refractivity contribution is 6.66. The molecular formula is C24H12Cl7N3O6. The van der Waals surface area contributed by atoms with Crippen LogP contribution in [-0.4, -0.2) is 59.1 Å². The summed E-state index contributed by atoms with van der Waals surface area (Å²) in [7, 11) is 0. The molecule has 2 aromatic rings. The van der Waals surface area contributed by atoms with Gasteiger partial charge in [0.15, 0.2) is 10.1 Å². The van der Waals surface area contributed by atoms with E-state index >= 15 is 0 Å². The second-order valence-corrected chi connectivity index (χ2v) is 12.8. The highest BCUT2D eigenvalue weighted by atomic mass is 35.5. The van der Waals surface area contributed by atoms with Gasteiger partial charge in [0.2, 0.25) is 0 Å². The van der Waals surface area contributed by atoms with E-state index in [4.69, 9.17) is 81.2 Å². The van der Waals surface area contributed by atoms with E-state index in [0.717, 1.165) is 6.07 Å². The molecule has 2 aromatic carbocycles. The standard InChI is InChI=1S/C24H12Cl7N3O6/c25-13-7-2-1-6-12(13)19(36)32(9-14(35)10-4-3-5-11(8-10)34(39)40)33-20(37)15-16(21(33)38)23(29)18(27)17(26)22(15,28)24(23,30)31/h1-8,15-16H,9H2/t15-,16-,22-,23-/m1/s1. The highest BCUT2D eigenvalue weighted by Gasteiger charge is 2.88. The van der Waals surface area contributed by atoms with Crippen LogP contribution in [0.1, 0.15) is 20.7 Å². The maximum Gasteiger partial charge on any atom is 0.274 e. The minimum absolute atomic E-state index is 0.0458. The van der Waals surface area contributed by atoms with Crippen LogP contribution in [0.3, 0.4) is 0 Å². The zero-order chi connectivity index (χ0) is 29.5. The first-order chi connectivity index (χ1) is 18.6. The summed E-state index contributed by atoms with van der Waals surface area (Å²) in [5, 5.41) is 11.5. The average Bonchev–Trinajstić information content (AvgIpc) is 3.30. The molecule has 0 spiro atoms. The number of imide groups is 1. The Hall–Kier alpha value is -2.11. The lowest BCUT2D eigenvalue weighted by Gasteiger charge is -2.36. The van der Waals surface area contributed by atoms with Gasteiger partial charge >= 0.3 is 0 Å². The Morgan fingerprint density at radius 3 is 1.98 bits per heavy atom. The molecule has 2 fully saturated rings. The van der Waals surface area contributed by atoms with E-state index in [1.807, 2.05) is 0 Å². The first kappa shape index (κ1) is 29.4. The van der Waals surface area contributed by atoms with Crippen molar-refractivity contribution >= 4 is 110 Å². The van der Waals surface area contributed by atoms with Gasteiger partial charge in [-0.1, -0.05) is 82.3 Å². The minimum Gasteiger partial charge on any atom is -0.292 e. The monoisotopic (exact) mass is 683 g/mol. The van der Waals surface area contributed by atoms with Crippen LogP contribution in [0.2, 0.25) is 5.02 Å². The number of carbonyl (C=O) groups excluding carboxylic acids is 4. The molecule has 1 saturated carbocycles. The zero-order valence-corrected chi connectivity index (χ0v) is 24.7. The highest BCUT2D eigenvalue weighted by Crippen LogP contribution is 2.77. The van der Waals surface area contributed by atoms with E-state index in [0.29, 0.717) is 10.0 Å². The summed E-state index contributed by atoms with van der Waals surface area (Å²) in [6, 6.07) is 10.4. The Bertz CT molecular complexity index is 1540. The summed E-state index contributed by atoms with van der Waals surface area (Å²) in [5.74, 6) is -7.15. The molecule has 0 radical (unpaired) electrons. The van der Waals surface area contributed by atoms with Gasteiger partial charge in [-0.05, 0) is 12.1 Å². The smallest absolute Gasteiger partial charge is 0.274 e. The Labute approximate surface area is 260 Å². The normalized spacial score (nSPS) is 28.2. The van der Waals surface area contributed by atoms with Crippen LogP contribution < -0.4 is 0 Å². The number of allylic oxidation sites excluding steroid dienone is 2. The molecular weight excluding hydrogens is 674 g/mol. The molecule has 3 aliphatic rings. The molecule has 0 aromatic heterocycles. The van der Waals surface area contributed by atoms with Gasteiger partial charge in [-0.15, -0.1) is 23.2 Å². The third kappa shape index (κ3) is 3.68. The van der Waals surface area contributed by atoms with Crippen LogP contribution in [0.5, 0.6) is 0 Å². The lowest BCUT2D eigenvalue weighted by molar-refractivity contribution is -0.384. The second kappa shape index (κ2) is 9.73. The number of Topliss-reactive ketones (excluding diaryl/α,β-unsaturated/α-hetero) is 1. The number of benzene rings is 2. The number of non-ortho nitro benzene ring substituents is 1. The largest absolute Gasteiger partial charge is 0.292 e. The Morgan fingerprint density at radius 1 is 0.900 bits per heavy atom. The molecule has 4 atom stereocenters. The number of alkyl halides is 4. The summed E-state index contributed by atoms with van der Waals surface area (Å²) >= 11 is 45.4. The average molecular weight is 687 g/mol. The van der Waals surface area contributed by atoms with Crippen LogP contribution in [-0.2, 0) is 9.59 Å². The van der Waals surface area contributed by atoms with Gasteiger partial charge < -0.3 is 0 Å². The topological polar surface area (TPSA) is 118 Å². The number of carbonyl (C=O) groups is 4. The van der Waals surface area contributed by atoms with Gasteiger partial charge in [0, 0.05) is 17.7 Å². The number of nitro benzene ring substituents is 1. The molecule has 2 bridgehead atoms. The first-order valence-corrected chi connectivity index (χ1v) is 13.8. The fourth-order valence-electron chi connectivity index (χ4n) is 5.25. The Balaban J connectivity index is 1.61. The van der Waals surface area contributed by atoms with Gasteiger partial charge in [0.25, 0.3) is 23.4 Å². The van der Waals surface area contributed by atoms with E-state index in [1.165, 1.54) is 42.5 Å². The number of rotatable bonds is 6. The van der Waals surface area contributed by atoms with E-state index in [-0.39, 0.29) is 26.2 Å². The van der Waals surface area contributed by atoms with Gasteiger partial charge in [-0.2, -0.15) is 5.01 Å². The first-order valence-electron chi connectivity index (χ1n) is 11.2. The maximum atomic E-state index is 13.9.